The van der Waals surface area contributed by atoms with E-state index in [1.165, 1.54) is 25.5 Å². The quantitative estimate of drug-likeness (QED) is 0.892. The van der Waals surface area contributed by atoms with Crippen LogP contribution < -0.4 is 5.32 Å². The third-order valence-electron chi connectivity index (χ3n) is 4.56. The van der Waals surface area contributed by atoms with Gasteiger partial charge < -0.3 is 15.2 Å². The number of halogens is 1. The van der Waals surface area contributed by atoms with E-state index in [4.69, 9.17) is 4.74 Å². The Labute approximate surface area is 124 Å². The zero-order valence-electron chi connectivity index (χ0n) is 12.4. The second kappa shape index (κ2) is 6.30. The number of nitrogens with zero attached hydrogens (tertiary/aromatic N) is 1. The molecule has 4 nitrogen and oxygen atoms in total. The van der Waals surface area contributed by atoms with Gasteiger partial charge in [0.1, 0.15) is 11.6 Å². The maximum atomic E-state index is 13.8. The summed E-state index contributed by atoms with van der Waals surface area (Å²) < 4.78 is 19.7. The molecular formula is C16H23FN2O2. The van der Waals surface area contributed by atoms with Gasteiger partial charge in [0.25, 0.3) is 0 Å². The number of rotatable bonds is 4. The summed E-state index contributed by atoms with van der Waals surface area (Å²) in [5, 5.41) is 12.6. The van der Waals surface area contributed by atoms with Crippen molar-refractivity contribution in [1.82, 2.24) is 10.2 Å². The molecule has 2 heterocycles. The number of nitrogens with one attached hydrogen (secondary N) is 1. The first-order valence-electron chi connectivity index (χ1n) is 7.71. The Kier molecular flexibility index (Phi) is 4.42. The van der Waals surface area contributed by atoms with E-state index in [0.29, 0.717) is 18.2 Å². The van der Waals surface area contributed by atoms with Gasteiger partial charge >= 0.3 is 0 Å². The van der Waals surface area contributed by atoms with Crippen LogP contribution in [0, 0.1) is 5.82 Å². The van der Waals surface area contributed by atoms with Gasteiger partial charge in [0, 0.05) is 36.8 Å². The summed E-state index contributed by atoms with van der Waals surface area (Å²) in [4.78, 5) is 2.50. The molecule has 0 amide bonds. The minimum atomic E-state index is -0.376. The molecule has 0 aromatic heterocycles. The van der Waals surface area contributed by atoms with E-state index in [9.17, 15) is 9.50 Å². The summed E-state index contributed by atoms with van der Waals surface area (Å²) >= 11 is 0. The summed E-state index contributed by atoms with van der Waals surface area (Å²) in [6.07, 6.45) is 2.68. The zero-order chi connectivity index (χ0) is 14.8. The van der Waals surface area contributed by atoms with Crippen molar-refractivity contribution in [2.45, 2.75) is 38.0 Å². The highest BCUT2D eigenvalue weighted by Gasteiger charge is 2.32. The summed E-state index contributed by atoms with van der Waals surface area (Å²) in [5.41, 5.74) is 0.572. The van der Waals surface area contributed by atoms with Crippen molar-refractivity contribution in [3.63, 3.8) is 0 Å². The largest absolute Gasteiger partial charge is 0.508 e. The number of fused-ring (bicyclic) bond motifs is 1. The molecule has 2 N–H and O–H groups in total. The zero-order valence-corrected chi connectivity index (χ0v) is 12.4. The number of benzene rings is 1. The van der Waals surface area contributed by atoms with Crippen molar-refractivity contribution in [3.8, 4) is 5.75 Å². The van der Waals surface area contributed by atoms with Gasteiger partial charge in [-0.3, -0.25) is 4.90 Å². The Bertz CT molecular complexity index is 497. The summed E-state index contributed by atoms with van der Waals surface area (Å²) in [6.45, 7) is 5.59. The van der Waals surface area contributed by atoms with E-state index >= 15 is 0 Å². The van der Waals surface area contributed by atoms with E-state index in [-0.39, 0.29) is 23.7 Å². The molecule has 1 aromatic rings. The minimum absolute atomic E-state index is 0.0425. The van der Waals surface area contributed by atoms with Crippen molar-refractivity contribution in [3.05, 3.63) is 29.6 Å². The average Bonchev–Trinajstić information content (AvgIpc) is 2.92. The molecule has 2 aliphatic rings. The van der Waals surface area contributed by atoms with E-state index in [1.807, 2.05) is 6.92 Å². The molecule has 1 aromatic carbocycles. The Morgan fingerprint density at radius 1 is 1.52 bits per heavy atom. The molecule has 21 heavy (non-hydrogen) atoms. The fourth-order valence-electron chi connectivity index (χ4n) is 3.29. The lowest BCUT2D eigenvalue weighted by Gasteiger charge is -2.35. The lowest BCUT2D eigenvalue weighted by Crippen LogP contribution is -2.49. The molecule has 2 saturated heterocycles. The summed E-state index contributed by atoms with van der Waals surface area (Å²) in [7, 11) is 0. The van der Waals surface area contributed by atoms with Gasteiger partial charge in [0.05, 0.1) is 12.7 Å². The summed E-state index contributed by atoms with van der Waals surface area (Å²) in [6, 6.07) is 4.79. The molecule has 3 atom stereocenters. The van der Waals surface area contributed by atoms with Crippen LogP contribution in [0.3, 0.4) is 0 Å². The topological polar surface area (TPSA) is 44.7 Å². The Hall–Kier alpha value is -1.17. The molecule has 5 heteroatoms. The van der Waals surface area contributed by atoms with Gasteiger partial charge in [-0.25, -0.2) is 4.39 Å². The molecule has 0 spiro atoms. The standard InChI is InChI=1S/C16H23FN2O2/c1-11(15-5-4-13(20)7-16(15)17)18-8-14-9-19-6-2-3-12(19)10-21-14/h4-5,7,11-12,14,18,20H,2-3,6,8-10H2,1H3. The van der Waals surface area contributed by atoms with Gasteiger partial charge in [0.15, 0.2) is 0 Å². The third-order valence-corrected chi connectivity index (χ3v) is 4.56. The molecule has 0 radical (unpaired) electrons. The van der Waals surface area contributed by atoms with Gasteiger partial charge in [-0.1, -0.05) is 6.07 Å². The van der Waals surface area contributed by atoms with E-state index in [2.05, 4.69) is 10.2 Å². The van der Waals surface area contributed by atoms with Crippen molar-refractivity contribution in [1.29, 1.82) is 0 Å². The predicted octanol–water partition coefficient (Wildman–Crippen LogP) is 2.05. The van der Waals surface area contributed by atoms with Crippen LogP contribution in [-0.4, -0.2) is 48.4 Å². The first-order valence-corrected chi connectivity index (χ1v) is 7.71. The Morgan fingerprint density at radius 3 is 3.19 bits per heavy atom. The Morgan fingerprint density at radius 2 is 2.38 bits per heavy atom. The van der Waals surface area contributed by atoms with E-state index in [0.717, 1.165) is 19.2 Å². The van der Waals surface area contributed by atoms with Crippen molar-refractivity contribution in [2.75, 3.05) is 26.2 Å². The normalized spacial score (nSPS) is 27.5. The highest BCUT2D eigenvalue weighted by molar-refractivity contribution is 5.29. The monoisotopic (exact) mass is 294 g/mol. The highest BCUT2D eigenvalue weighted by atomic mass is 19.1. The number of hydrogen-bond acceptors (Lipinski definition) is 4. The molecule has 116 valence electrons. The second-order valence-corrected chi connectivity index (χ2v) is 6.08. The molecule has 3 rings (SSSR count). The lowest BCUT2D eigenvalue weighted by atomic mass is 10.1. The molecule has 2 aliphatic heterocycles. The first-order chi connectivity index (χ1) is 10.1. The molecule has 3 unspecified atom stereocenters. The molecular weight excluding hydrogens is 271 g/mol. The number of phenolic OH excluding ortho intramolecular Hbond substituents is 1. The molecule has 0 saturated carbocycles. The minimum Gasteiger partial charge on any atom is -0.508 e. The van der Waals surface area contributed by atoms with Crippen molar-refractivity contribution >= 4 is 0 Å². The third kappa shape index (κ3) is 3.36. The first kappa shape index (κ1) is 14.8. The van der Waals surface area contributed by atoms with Crippen LogP contribution in [-0.2, 0) is 4.74 Å². The Balaban J connectivity index is 1.52. The smallest absolute Gasteiger partial charge is 0.131 e. The van der Waals surface area contributed by atoms with E-state index in [1.54, 1.807) is 6.07 Å². The van der Waals surface area contributed by atoms with Crippen LogP contribution in [0.25, 0.3) is 0 Å². The number of morpholine rings is 1. The van der Waals surface area contributed by atoms with Crippen LogP contribution >= 0.6 is 0 Å². The second-order valence-electron chi connectivity index (χ2n) is 6.08. The van der Waals surface area contributed by atoms with Gasteiger partial charge in [0.2, 0.25) is 0 Å². The van der Waals surface area contributed by atoms with Crippen molar-refractivity contribution in [2.24, 2.45) is 0 Å². The van der Waals surface area contributed by atoms with Gasteiger partial charge in [-0.2, -0.15) is 0 Å². The number of aromatic hydroxyl groups is 1. The number of hydrogen-bond donors (Lipinski definition) is 2. The molecule has 2 fully saturated rings. The maximum Gasteiger partial charge on any atom is 0.131 e. The van der Waals surface area contributed by atoms with Crippen LogP contribution in [0.1, 0.15) is 31.4 Å². The maximum absolute atomic E-state index is 13.8. The fraction of sp³-hybridized carbons (Fsp3) is 0.625. The van der Waals surface area contributed by atoms with Gasteiger partial charge in [-0.05, 0) is 32.4 Å². The van der Waals surface area contributed by atoms with Crippen LogP contribution in [0.5, 0.6) is 5.75 Å². The molecule has 0 bridgehead atoms. The lowest BCUT2D eigenvalue weighted by molar-refractivity contribution is -0.0477. The fourth-order valence-corrected chi connectivity index (χ4v) is 3.29. The van der Waals surface area contributed by atoms with Crippen molar-refractivity contribution < 1.29 is 14.2 Å². The SMILES string of the molecule is CC(NCC1CN2CCCC2CO1)c1ccc(O)cc1F. The highest BCUT2D eigenvalue weighted by Crippen LogP contribution is 2.24. The summed E-state index contributed by atoms with van der Waals surface area (Å²) in [5.74, 6) is -0.418. The van der Waals surface area contributed by atoms with Crippen LogP contribution in [0.4, 0.5) is 4.39 Å². The average molecular weight is 294 g/mol. The predicted molar refractivity (Wildman–Crippen MR) is 78.8 cm³/mol. The number of ether oxygens (including phenoxy) is 1. The van der Waals surface area contributed by atoms with E-state index < -0.39 is 0 Å². The van der Waals surface area contributed by atoms with Gasteiger partial charge in [-0.15, -0.1) is 0 Å². The molecule has 0 aliphatic carbocycles. The number of phenols is 1. The van der Waals surface area contributed by atoms with Crippen LogP contribution in [0.2, 0.25) is 0 Å². The van der Waals surface area contributed by atoms with Crippen LogP contribution in [0.15, 0.2) is 18.2 Å².